The summed E-state index contributed by atoms with van der Waals surface area (Å²) in [6.07, 6.45) is 3.13. The minimum absolute atomic E-state index is 0.218. The van der Waals surface area contributed by atoms with Crippen molar-refractivity contribution in [1.29, 1.82) is 0 Å². The van der Waals surface area contributed by atoms with Gasteiger partial charge in [0.15, 0.2) is 5.82 Å². The van der Waals surface area contributed by atoms with E-state index in [0.29, 0.717) is 11.6 Å². The number of hydrogen-bond donors (Lipinski definition) is 2. The van der Waals surface area contributed by atoms with Gasteiger partial charge in [0.1, 0.15) is 5.76 Å². The Hall–Kier alpha value is -2.37. The van der Waals surface area contributed by atoms with E-state index >= 15 is 0 Å². The molecule has 2 rings (SSSR count). The van der Waals surface area contributed by atoms with Gasteiger partial charge in [0, 0.05) is 11.8 Å². The second kappa shape index (κ2) is 4.43. The number of nitrogens with zero attached hydrogens (tertiary/aromatic N) is 3. The Morgan fingerprint density at radius 3 is 3.06 bits per heavy atom. The van der Waals surface area contributed by atoms with Crippen LogP contribution < -0.4 is 11.2 Å². The van der Waals surface area contributed by atoms with E-state index in [9.17, 15) is 0 Å². The van der Waals surface area contributed by atoms with Crippen molar-refractivity contribution >= 4 is 18.0 Å². The third kappa shape index (κ3) is 2.57. The van der Waals surface area contributed by atoms with Gasteiger partial charge >= 0.3 is 0 Å². The maximum absolute atomic E-state index is 5.49. The molecule has 0 saturated heterocycles. The van der Waals surface area contributed by atoms with Crippen LogP contribution in [0.25, 0.3) is 0 Å². The number of nitrogen functional groups attached to an aromatic ring is 1. The highest BCUT2D eigenvalue weighted by atomic mass is 16.3. The van der Waals surface area contributed by atoms with Crippen molar-refractivity contribution in [1.82, 2.24) is 9.97 Å². The number of aryl methyl sites for hydroxylation is 1. The summed E-state index contributed by atoms with van der Waals surface area (Å²) >= 11 is 0. The lowest BCUT2D eigenvalue weighted by Crippen LogP contribution is -2.00. The molecule has 82 valence electrons. The molecule has 2 aromatic rings. The van der Waals surface area contributed by atoms with E-state index in [0.717, 1.165) is 5.69 Å². The summed E-state index contributed by atoms with van der Waals surface area (Å²) in [5.74, 6) is 1.43. The predicted octanol–water partition coefficient (Wildman–Crippen LogP) is 1.41. The van der Waals surface area contributed by atoms with Crippen LogP contribution in [0.15, 0.2) is 34.0 Å². The molecule has 0 bridgehead atoms. The van der Waals surface area contributed by atoms with Gasteiger partial charge in [-0.15, -0.1) is 0 Å². The van der Waals surface area contributed by atoms with Crippen LogP contribution in [-0.2, 0) is 0 Å². The van der Waals surface area contributed by atoms with Crippen LogP contribution in [0.2, 0.25) is 0 Å². The van der Waals surface area contributed by atoms with E-state index in [2.05, 4.69) is 20.5 Å². The lowest BCUT2D eigenvalue weighted by Gasteiger charge is -2.00. The number of furan rings is 1. The Kier molecular flexibility index (Phi) is 2.81. The first-order chi connectivity index (χ1) is 7.74. The molecular weight excluding hydrogens is 206 g/mol. The van der Waals surface area contributed by atoms with Crippen molar-refractivity contribution in [3.05, 3.63) is 35.9 Å². The van der Waals surface area contributed by atoms with E-state index in [1.54, 1.807) is 30.7 Å². The van der Waals surface area contributed by atoms with E-state index in [-0.39, 0.29) is 5.95 Å². The Morgan fingerprint density at radius 2 is 2.38 bits per heavy atom. The van der Waals surface area contributed by atoms with E-state index in [1.165, 1.54) is 0 Å². The lowest BCUT2D eigenvalue weighted by molar-refractivity contribution is 0.560. The molecule has 0 spiro atoms. The maximum atomic E-state index is 5.49. The van der Waals surface area contributed by atoms with Crippen LogP contribution in [0.3, 0.4) is 0 Å². The van der Waals surface area contributed by atoms with Gasteiger partial charge in [-0.3, -0.25) is 5.43 Å². The summed E-state index contributed by atoms with van der Waals surface area (Å²) in [6.45, 7) is 1.83. The van der Waals surface area contributed by atoms with Crippen molar-refractivity contribution in [3.63, 3.8) is 0 Å². The monoisotopic (exact) mass is 217 g/mol. The Balaban J connectivity index is 2.04. The first-order valence-electron chi connectivity index (χ1n) is 4.68. The predicted molar refractivity (Wildman–Crippen MR) is 61.1 cm³/mol. The molecule has 3 N–H and O–H groups in total. The van der Waals surface area contributed by atoms with Crippen molar-refractivity contribution in [2.24, 2.45) is 5.10 Å². The Morgan fingerprint density at radius 1 is 1.50 bits per heavy atom. The summed E-state index contributed by atoms with van der Waals surface area (Å²) in [7, 11) is 0. The smallest absolute Gasteiger partial charge is 0.222 e. The molecule has 6 heteroatoms. The molecule has 0 aromatic carbocycles. The van der Waals surface area contributed by atoms with Crippen LogP contribution in [0.4, 0.5) is 11.8 Å². The fourth-order valence-electron chi connectivity index (χ4n) is 1.18. The number of hydrogen-bond acceptors (Lipinski definition) is 6. The normalized spacial score (nSPS) is 10.8. The van der Waals surface area contributed by atoms with Crippen molar-refractivity contribution < 1.29 is 4.42 Å². The maximum Gasteiger partial charge on any atom is 0.222 e. The summed E-state index contributed by atoms with van der Waals surface area (Å²) in [5, 5.41) is 3.95. The van der Waals surface area contributed by atoms with Gasteiger partial charge in [0.25, 0.3) is 0 Å². The topological polar surface area (TPSA) is 89.3 Å². The molecule has 0 saturated carbocycles. The summed E-state index contributed by atoms with van der Waals surface area (Å²) in [4.78, 5) is 7.91. The van der Waals surface area contributed by atoms with Gasteiger partial charge in [-0.2, -0.15) is 10.1 Å². The molecule has 2 heterocycles. The third-order valence-electron chi connectivity index (χ3n) is 1.79. The molecule has 0 aliphatic carbocycles. The number of nitrogens with one attached hydrogen (secondary N) is 1. The number of rotatable bonds is 3. The zero-order valence-corrected chi connectivity index (χ0v) is 8.71. The minimum atomic E-state index is 0.218. The average molecular weight is 217 g/mol. The summed E-state index contributed by atoms with van der Waals surface area (Å²) in [6, 6.07) is 5.33. The molecule has 0 aliphatic rings. The molecule has 0 unspecified atom stereocenters. The first-order valence-corrected chi connectivity index (χ1v) is 4.68. The van der Waals surface area contributed by atoms with Gasteiger partial charge in [0.2, 0.25) is 5.95 Å². The molecule has 0 amide bonds. The number of aromatic nitrogens is 2. The summed E-state index contributed by atoms with van der Waals surface area (Å²) < 4.78 is 5.07. The highest BCUT2D eigenvalue weighted by Crippen LogP contribution is 2.06. The van der Waals surface area contributed by atoms with E-state index in [4.69, 9.17) is 10.2 Å². The average Bonchev–Trinajstić information content (AvgIpc) is 2.69. The zero-order chi connectivity index (χ0) is 11.4. The molecule has 0 radical (unpaired) electrons. The Bertz CT molecular complexity index is 472. The molecule has 16 heavy (non-hydrogen) atoms. The van der Waals surface area contributed by atoms with Crippen LogP contribution in [0.1, 0.15) is 11.5 Å². The van der Waals surface area contributed by atoms with Gasteiger partial charge in [0.05, 0.1) is 12.5 Å². The lowest BCUT2D eigenvalue weighted by atomic mass is 10.4. The van der Waals surface area contributed by atoms with Gasteiger partial charge in [-0.25, -0.2) is 4.98 Å². The van der Waals surface area contributed by atoms with Crippen molar-refractivity contribution in [2.75, 3.05) is 11.2 Å². The zero-order valence-electron chi connectivity index (χ0n) is 8.71. The van der Waals surface area contributed by atoms with Crippen LogP contribution in [0, 0.1) is 6.92 Å². The molecule has 2 aromatic heterocycles. The van der Waals surface area contributed by atoms with Crippen LogP contribution in [0.5, 0.6) is 0 Å². The van der Waals surface area contributed by atoms with Crippen molar-refractivity contribution in [3.8, 4) is 0 Å². The quantitative estimate of drug-likeness (QED) is 0.599. The SMILES string of the molecule is Cc1cc(NN=Cc2ccco2)nc(N)n1. The van der Waals surface area contributed by atoms with Gasteiger partial charge in [-0.05, 0) is 19.1 Å². The minimum Gasteiger partial charge on any atom is -0.463 e. The largest absolute Gasteiger partial charge is 0.463 e. The van der Waals surface area contributed by atoms with Crippen LogP contribution in [-0.4, -0.2) is 16.2 Å². The number of hydrazone groups is 1. The molecule has 0 aliphatic heterocycles. The van der Waals surface area contributed by atoms with Gasteiger partial charge < -0.3 is 10.2 Å². The molecule has 6 nitrogen and oxygen atoms in total. The highest BCUT2D eigenvalue weighted by Gasteiger charge is 1.97. The highest BCUT2D eigenvalue weighted by molar-refractivity contribution is 5.76. The first kappa shape index (κ1) is 10.2. The molecule has 0 fully saturated rings. The molecule has 0 atom stereocenters. The Labute approximate surface area is 92.2 Å². The third-order valence-corrected chi connectivity index (χ3v) is 1.79. The number of nitrogens with two attached hydrogens (primary N) is 1. The van der Waals surface area contributed by atoms with Gasteiger partial charge in [-0.1, -0.05) is 0 Å². The molecular formula is C10H11N5O. The standard InChI is InChI=1S/C10H11N5O/c1-7-5-9(14-10(11)13-7)15-12-6-8-3-2-4-16-8/h2-6H,1H3,(H3,11,13,14,15). The second-order valence-corrected chi connectivity index (χ2v) is 3.14. The fraction of sp³-hybridized carbons (Fsp3) is 0.100. The number of anilines is 2. The van der Waals surface area contributed by atoms with Crippen LogP contribution >= 0.6 is 0 Å². The fourth-order valence-corrected chi connectivity index (χ4v) is 1.18. The summed E-state index contributed by atoms with van der Waals surface area (Å²) in [5.41, 5.74) is 9.02. The van der Waals surface area contributed by atoms with Crippen molar-refractivity contribution in [2.45, 2.75) is 6.92 Å². The van der Waals surface area contributed by atoms with E-state index < -0.39 is 0 Å². The van der Waals surface area contributed by atoms with E-state index in [1.807, 2.05) is 6.92 Å². The second-order valence-electron chi connectivity index (χ2n) is 3.14.